The second-order valence-corrected chi connectivity index (χ2v) is 15.0. The number of guanidine groups is 1. The van der Waals surface area contributed by atoms with Crippen molar-refractivity contribution in [1.29, 1.82) is 0 Å². The van der Waals surface area contributed by atoms with E-state index in [4.69, 9.17) is 17.2 Å². The molecule has 64 heavy (non-hydrogen) atoms. The quantitative estimate of drug-likeness (QED) is 0.0172. The van der Waals surface area contributed by atoms with Crippen molar-refractivity contribution in [3.63, 3.8) is 0 Å². The van der Waals surface area contributed by atoms with Gasteiger partial charge in [0.25, 0.3) is 0 Å². The lowest BCUT2D eigenvalue weighted by Crippen LogP contribution is -2.62. The highest BCUT2D eigenvalue weighted by Gasteiger charge is 2.36. The monoisotopic (exact) mass is 921 g/mol. The number of aromatic nitrogens is 2. The van der Waals surface area contributed by atoms with Crippen LogP contribution in [-0.2, 0) is 51.2 Å². The zero-order valence-corrected chi connectivity index (χ0v) is 36.3. The third-order valence-corrected chi connectivity index (χ3v) is 9.62. The summed E-state index contributed by atoms with van der Waals surface area (Å²) in [6.07, 6.45) is -0.837. The van der Waals surface area contributed by atoms with Gasteiger partial charge in [0.2, 0.25) is 41.4 Å². The summed E-state index contributed by atoms with van der Waals surface area (Å²) < 4.78 is 0. The van der Waals surface area contributed by atoms with Crippen molar-refractivity contribution in [3.05, 3.63) is 54.1 Å². The molecule has 0 fully saturated rings. The number of aliphatic hydroxyl groups excluding tert-OH is 3. The van der Waals surface area contributed by atoms with Gasteiger partial charge < -0.3 is 79.8 Å². The molecule has 2 rings (SSSR count). The summed E-state index contributed by atoms with van der Waals surface area (Å²) in [6, 6.07) is -3.56. The molecule has 26 heteroatoms. The highest BCUT2D eigenvalue weighted by atomic mass is 32.1. The van der Waals surface area contributed by atoms with Crippen molar-refractivity contribution in [2.45, 2.75) is 107 Å². The van der Waals surface area contributed by atoms with Crippen LogP contribution < -0.4 is 54.4 Å². The number of nitrogens with two attached hydrogens (primary N) is 3. The maximum atomic E-state index is 14.1. The highest BCUT2D eigenvalue weighted by molar-refractivity contribution is 7.80. The van der Waals surface area contributed by atoms with E-state index in [1.165, 1.54) is 26.4 Å². The van der Waals surface area contributed by atoms with Crippen molar-refractivity contribution in [2.24, 2.45) is 22.2 Å². The van der Waals surface area contributed by atoms with E-state index in [0.29, 0.717) is 11.3 Å². The van der Waals surface area contributed by atoms with Gasteiger partial charge in [-0.1, -0.05) is 30.3 Å². The van der Waals surface area contributed by atoms with Crippen LogP contribution in [0.5, 0.6) is 0 Å². The van der Waals surface area contributed by atoms with Gasteiger partial charge >= 0.3 is 5.97 Å². The Balaban J connectivity index is 2.45. The van der Waals surface area contributed by atoms with E-state index in [2.05, 4.69) is 64.8 Å². The van der Waals surface area contributed by atoms with Gasteiger partial charge in [-0.3, -0.25) is 38.6 Å². The molecule has 0 aliphatic rings. The largest absolute Gasteiger partial charge is 0.480 e. The Bertz CT molecular complexity index is 1900. The van der Waals surface area contributed by atoms with Gasteiger partial charge in [-0.05, 0) is 39.2 Å². The topological polar surface area (TPSA) is 421 Å². The highest BCUT2D eigenvalue weighted by Crippen LogP contribution is 2.09. The summed E-state index contributed by atoms with van der Waals surface area (Å²) in [5.74, 6) is -8.88. The van der Waals surface area contributed by atoms with Crippen molar-refractivity contribution in [3.8, 4) is 0 Å². The molecule has 10 atom stereocenters. The van der Waals surface area contributed by atoms with Crippen LogP contribution in [-0.4, -0.2) is 163 Å². The molecule has 25 nitrogen and oxygen atoms in total. The molecule has 1 aromatic heterocycles. The number of carboxylic acid groups (broad SMARTS) is 1. The van der Waals surface area contributed by atoms with E-state index in [1.54, 1.807) is 30.3 Å². The van der Waals surface area contributed by atoms with Crippen molar-refractivity contribution in [1.82, 2.24) is 47.2 Å². The number of hydrogen-bond donors (Lipinski definition) is 16. The predicted molar refractivity (Wildman–Crippen MR) is 231 cm³/mol. The number of aromatic amines is 1. The Morgan fingerprint density at radius 2 is 1.19 bits per heavy atom. The Hall–Kier alpha value is -6.35. The molecule has 0 saturated carbocycles. The number of aliphatic hydroxyl groups is 3. The number of thiol groups is 1. The van der Waals surface area contributed by atoms with E-state index in [1.807, 2.05) is 0 Å². The fraction of sp³-hybridized carbons (Fsp3) is 0.526. The first-order valence-corrected chi connectivity index (χ1v) is 20.6. The molecule has 1 heterocycles. The minimum atomic E-state index is -1.79. The Kier molecular flexibility index (Phi) is 22.7. The second-order valence-electron chi connectivity index (χ2n) is 14.7. The number of carbonyl (C=O) groups is 8. The number of hydrogen-bond acceptors (Lipinski definition) is 15. The normalized spacial score (nSPS) is 15.7. The summed E-state index contributed by atoms with van der Waals surface area (Å²) in [6.45, 7) is 2.70. The van der Waals surface area contributed by atoms with Gasteiger partial charge in [-0.25, -0.2) is 9.78 Å². The lowest BCUT2D eigenvalue weighted by atomic mass is 10.0. The van der Waals surface area contributed by atoms with Gasteiger partial charge in [0.15, 0.2) is 5.96 Å². The van der Waals surface area contributed by atoms with E-state index < -0.39 is 114 Å². The lowest BCUT2D eigenvalue weighted by molar-refractivity contribution is -0.142. The van der Waals surface area contributed by atoms with Crippen LogP contribution >= 0.6 is 12.6 Å². The smallest absolute Gasteiger partial charge is 0.327 e. The molecule has 0 aliphatic carbocycles. The maximum Gasteiger partial charge on any atom is 0.327 e. The molecule has 0 radical (unpaired) electrons. The molecule has 0 aliphatic heterocycles. The van der Waals surface area contributed by atoms with Gasteiger partial charge in [0, 0.05) is 37.0 Å². The van der Waals surface area contributed by atoms with Crippen LogP contribution in [0.1, 0.15) is 44.9 Å². The molecular formula is C38H59N13O12S. The average molecular weight is 922 g/mol. The van der Waals surface area contributed by atoms with Gasteiger partial charge in [-0.15, -0.1) is 0 Å². The Morgan fingerprint density at radius 3 is 1.67 bits per heavy atom. The first-order chi connectivity index (χ1) is 30.2. The SMILES string of the molecule is C[C@H](N)C(=O)N[C@H](C(=O)N[C@@H](Cc1ccccc1)C(=O)N[C@@H](CCCN=C(N)N)C(=O)N[C@@H](Cc1cnc[nH]1)C(=O)N[C@@H](CO)C(=O)N[C@H](C(=O)N[C@@H](CS)C(=O)O)[C@@H](C)O)[C@@H](C)O. The van der Waals surface area contributed by atoms with Crippen LogP contribution in [0.4, 0.5) is 0 Å². The molecule has 354 valence electrons. The van der Waals surface area contributed by atoms with Crippen LogP contribution in [0, 0.1) is 0 Å². The molecule has 0 bridgehead atoms. The Labute approximate surface area is 373 Å². The number of amides is 7. The minimum Gasteiger partial charge on any atom is -0.480 e. The summed E-state index contributed by atoms with van der Waals surface area (Å²) >= 11 is 3.87. The van der Waals surface area contributed by atoms with E-state index in [9.17, 15) is 58.8 Å². The summed E-state index contributed by atoms with van der Waals surface area (Å²) in [5, 5.41) is 56.6. The second kappa shape index (κ2) is 27.0. The standard InChI is InChI=1S/C38H59N13O12S/c1-18(39)30(55)50-28(19(2)53)35(60)47-24(12-21-8-5-4-6-9-21)32(57)45-23(10-7-11-43-38(40)41)31(56)46-25(13-22-14-42-17-44-22)33(58)48-26(15-52)34(59)51-29(20(3)54)36(61)49-27(16-64)37(62)63/h4-6,8-9,14,17-20,23-29,52-54,64H,7,10-13,15-16,39H2,1-3H3,(H,42,44)(H,45,57)(H,46,56)(H,47,60)(H,48,58)(H,49,61)(H,50,55)(H,51,59)(H,62,63)(H4,40,41,43)/t18-,19+,20+,23-,24-,25-,26-,27-,28-,29-/m0/s1. The lowest BCUT2D eigenvalue weighted by Gasteiger charge is -2.28. The number of rotatable bonds is 27. The molecule has 0 saturated heterocycles. The van der Waals surface area contributed by atoms with Crippen molar-refractivity contribution < 1.29 is 58.8 Å². The minimum absolute atomic E-state index is 0.00390. The van der Waals surface area contributed by atoms with Crippen LogP contribution in [0.2, 0.25) is 0 Å². The zero-order valence-electron chi connectivity index (χ0n) is 35.4. The number of carbonyl (C=O) groups excluding carboxylic acids is 7. The van der Waals surface area contributed by atoms with Gasteiger partial charge in [0.05, 0.1) is 31.2 Å². The zero-order chi connectivity index (χ0) is 48.1. The number of carboxylic acids is 1. The summed E-state index contributed by atoms with van der Waals surface area (Å²) in [5.41, 5.74) is 17.4. The van der Waals surface area contributed by atoms with Crippen molar-refractivity contribution in [2.75, 3.05) is 18.9 Å². The van der Waals surface area contributed by atoms with E-state index in [0.717, 1.165) is 6.92 Å². The van der Waals surface area contributed by atoms with E-state index >= 15 is 0 Å². The fourth-order valence-corrected chi connectivity index (χ4v) is 5.97. The fourth-order valence-electron chi connectivity index (χ4n) is 5.73. The van der Waals surface area contributed by atoms with Crippen LogP contribution in [0.25, 0.3) is 0 Å². The molecule has 2 aromatic rings. The molecule has 0 unspecified atom stereocenters. The number of nitrogens with zero attached hydrogens (tertiary/aromatic N) is 2. The third kappa shape index (κ3) is 18.2. The van der Waals surface area contributed by atoms with Gasteiger partial charge in [-0.2, -0.15) is 12.6 Å². The van der Waals surface area contributed by atoms with E-state index in [-0.39, 0.29) is 43.9 Å². The number of aliphatic carboxylic acids is 1. The maximum absolute atomic E-state index is 14.1. The molecular weight excluding hydrogens is 863 g/mol. The summed E-state index contributed by atoms with van der Waals surface area (Å²) in [4.78, 5) is 116. The Morgan fingerprint density at radius 1 is 0.703 bits per heavy atom. The first-order valence-electron chi connectivity index (χ1n) is 19.9. The third-order valence-electron chi connectivity index (χ3n) is 9.26. The molecule has 7 amide bonds. The van der Waals surface area contributed by atoms with Crippen LogP contribution in [0.3, 0.4) is 0 Å². The number of nitrogens with one attached hydrogen (secondary N) is 8. The number of aliphatic imine (C=N–C) groups is 1. The van der Waals surface area contributed by atoms with Crippen LogP contribution in [0.15, 0.2) is 47.8 Å². The number of benzene rings is 1. The molecule has 1 aromatic carbocycles. The van der Waals surface area contributed by atoms with Gasteiger partial charge in [0.1, 0.15) is 42.3 Å². The number of imidazole rings is 1. The predicted octanol–water partition coefficient (Wildman–Crippen LogP) is -6.24. The first kappa shape index (κ1) is 53.8. The number of H-pyrrole nitrogens is 1. The molecule has 0 spiro atoms. The molecule has 18 N–H and O–H groups in total. The average Bonchev–Trinajstić information content (AvgIpc) is 3.76. The summed E-state index contributed by atoms with van der Waals surface area (Å²) in [7, 11) is 0. The van der Waals surface area contributed by atoms with Crippen molar-refractivity contribution >= 4 is 65.9 Å².